The highest BCUT2D eigenvalue weighted by molar-refractivity contribution is 6.09. The summed E-state index contributed by atoms with van der Waals surface area (Å²) in [6.45, 7) is 0. The Labute approximate surface area is 74.3 Å². The van der Waals surface area contributed by atoms with E-state index < -0.39 is 5.92 Å². The summed E-state index contributed by atoms with van der Waals surface area (Å²) in [7, 11) is 0. The summed E-state index contributed by atoms with van der Waals surface area (Å²) in [6.07, 6.45) is 3.52. The number of nitroso groups, excluding NO2 is 1. The molecule has 0 N–H and O–H groups in total. The van der Waals surface area contributed by atoms with E-state index in [2.05, 4.69) is 5.18 Å². The second kappa shape index (κ2) is 2.73. The van der Waals surface area contributed by atoms with Gasteiger partial charge < -0.3 is 0 Å². The third-order valence-corrected chi connectivity index (χ3v) is 2.38. The smallest absolute Gasteiger partial charge is 0.162 e. The minimum atomic E-state index is -0.492. The molecule has 2 aliphatic rings. The Hall–Kier alpha value is -1.58. The number of hydrogen-bond donors (Lipinski definition) is 0. The van der Waals surface area contributed by atoms with Gasteiger partial charge in [0.2, 0.25) is 0 Å². The first kappa shape index (κ1) is 8.04. The van der Waals surface area contributed by atoms with E-state index in [1.807, 2.05) is 0 Å². The van der Waals surface area contributed by atoms with Gasteiger partial charge in [-0.15, -0.1) is 4.91 Å². The predicted molar refractivity (Wildman–Crippen MR) is 44.7 cm³/mol. The van der Waals surface area contributed by atoms with E-state index >= 15 is 0 Å². The molecule has 4 heteroatoms. The number of carbonyl (C=O) groups is 2. The zero-order chi connectivity index (χ0) is 9.42. The van der Waals surface area contributed by atoms with Crippen molar-refractivity contribution >= 4 is 11.6 Å². The molecule has 66 valence electrons. The Morgan fingerprint density at radius 3 is 2.77 bits per heavy atom. The summed E-state index contributed by atoms with van der Waals surface area (Å²) in [5, 5.41) is 2.73. The van der Waals surface area contributed by atoms with Gasteiger partial charge in [0.15, 0.2) is 5.78 Å². The predicted octanol–water partition coefficient (Wildman–Crippen LogP) is 1.12. The fourth-order valence-corrected chi connectivity index (χ4v) is 1.72. The average Bonchev–Trinajstić information content (AvgIpc) is 2.56. The van der Waals surface area contributed by atoms with Crippen molar-refractivity contribution in [2.45, 2.75) is 12.8 Å². The van der Waals surface area contributed by atoms with Crippen molar-refractivity contribution < 1.29 is 9.59 Å². The number of rotatable bonds is 1. The van der Waals surface area contributed by atoms with Crippen molar-refractivity contribution in [1.82, 2.24) is 0 Å². The number of Topliss-reactive ketones (excluding diaryl/α,β-unsaturated/α-hetero) is 2. The second-order valence-corrected chi connectivity index (χ2v) is 3.12. The Balaban J connectivity index is 2.48. The molecular formula is C9H7NO3. The number of nitrogens with zero attached hydrogens (tertiary/aromatic N) is 1. The zero-order valence-corrected chi connectivity index (χ0v) is 6.82. The van der Waals surface area contributed by atoms with Crippen molar-refractivity contribution in [2.24, 2.45) is 11.1 Å². The lowest BCUT2D eigenvalue weighted by molar-refractivity contribution is -0.127. The van der Waals surface area contributed by atoms with E-state index in [9.17, 15) is 14.5 Å². The molecule has 0 radical (unpaired) electrons. The van der Waals surface area contributed by atoms with Crippen molar-refractivity contribution in [3.63, 3.8) is 0 Å². The van der Waals surface area contributed by atoms with E-state index in [1.54, 1.807) is 6.08 Å². The molecule has 4 nitrogen and oxygen atoms in total. The first-order valence-corrected chi connectivity index (χ1v) is 4.05. The third-order valence-electron chi connectivity index (χ3n) is 2.38. The van der Waals surface area contributed by atoms with Gasteiger partial charge in [0.1, 0.15) is 11.5 Å². The van der Waals surface area contributed by atoms with E-state index in [4.69, 9.17) is 0 Å². The molecule has 0 aromatic carbocycles. The molecule has 0 saturated heterocycles. The molecule has 1 atom stereocenters. The topological polar surface area (TPSA) is 63.6 Å². The van der Waals surface area contributed by atoms with Gasteiger partial charge in [0.05, 0.1) is 5.92 Å². The maximum Gasteiger partial charge on any atom is 0.162 e. The minimum absolute atomic E-state index is 0.00417. The average molecular weight is 177 g/mol. The molecule has 0 aromatic heterocycles. The van der Waals surface area contributed by atoms with Crippen LogP contribution in [-0.4, -0.2) is 11.6 Å². The Bertz CT molecular complexity index is 365. The lowest BCUT2D eigenvalue weighted by Crippen LogP contribution is -2.25. The van der Waals surface area contributed by atoms with Crippen LogP contribution in [-0.2, 0) is 9.59 Å². The van der Waals surface area contributed by atoms with Crippen LogP contribution in [0.3, 0.4) is 0 Å². The maximum absolute atomic E-state index is 11.3. The molecule has 1 unspecified atom stereocenters. The van der Waals surface area contributed by atoms with Gasteiger partial charge in [-0.25, -0.2) is 0 Å². The Kier molecular flexibility index (Phi) is 1.69. The second-order valence-electron chi connectivity index (χ2n) is 3.12. The summed E-state index contributed by atoms with van der Waals surface area (Å²) in [5.41, 5.74) is 0.425. The number of hydrogen-bond acceptors (Lipinski definition) is 4. The minimum Gasteiger partial charge on any atom is -0.299 e. The van der Waals surface area contributed by atoms with Gasteiger partial charge in [-0.2, -0.15) is 0 Å². The Morgan fingerprint density at radius 1 is 1.31 bits per heavy atom. The highest BCUT2D eigenvalue weighted by Gasteiger charge is 2.35. The Morgan fingerprint density at radius 2 is 2.08 bits per heavy atom. The molecule has 1 saturated carbocycles. The van der Waals surface area contributed by atoms with Crippen LogP contribution in [0.25, 0.3) is 0 Å². The molecule has 2 rings (SSSR count). The van der Waals surface area contributed by atoms with Crippen molar-refractivity contribution in [3.05, 3.63) is 28.3 Å². The highest BCUT2D eigenvalue weighted by Crippen LogP contribution is 2.33. The number of ketones is 2. The first-order chi connectivity index (χ1) is 6.24. The van der Waals surface area contributed by atoms with Crippen LogP contribution in [0.4, 0.5) is 0 Å². The summed E-state index contributed by atoms with van der Waals surface area (Å²) < 4.78 is 0. The highest BCUT2D eigenvalue weighted by atomic mass is 16.3. The van der Waals surface area contributed by atoms with Crippen LogP contribution in [0, 0.1) is 10.8 Å². The molecule has 0 amide bonds. The summed E-state index contributed by atoms with van der Waals surface area (Å²) >= 11 is 0. The zero-order valence-electron chi connectivity index (χ0n) is 6.82. The van der Waals surface area contributed by atoms with Crippen molar-refractivity contribution in [3.8, 4) is 0 Å². The van der Waals surface area contributed by atoms with Gasteiger partial charge >= 0.3 is 0 Å². The van der Waals surface area contributed by atoms with Crippen LogP contribution in [0.1, 0.15) is 12.8 Å². The largest absolute Gasteiger partial charge is 0.299 e. The van der Waals surface area contributed by atoms with Gasteiger partial charge in [-0.1, -0.05) is 6.08 Å². The van der Waals surface area contributed by atoms with E-state index in [0.717, 1.165) is 0 Å². The first-order valence-electron chi connectivity index (χ1n) is 4.05. The lowest BCUT2D eigenvalue weighted by Gasteiger charge is -2.16. The molecule has 13 heavy (non-hydrogen) atoms. The SMILES string of the molecule is O=NC1=C2C(=O)CCC(=O)C2C=C1. The maximum atomic E-state index is 11.3. The van der Waals surface area contributed by atoms with Gasteiger partial charge in [0, 0.05) is 18.4 Å². The normalized spacial score (nSPS) is 26.6. The van der Waals surface area contributed by atoms with Crippen LogP contribution in [0.2, 0.25) is 0 Å². The molecule has 0 aliphatic heterocycles. The van der Waals surface area contributed by atoms with Crippen LogP contribution >= 0.6 is 0 Å². The summed E-state index contributed by atoms with van der Waals surface area (Å²) in [6, 6.07) is 0. The summed E-state index contributed by atoms with van der Waals surface area (Å²) in [4.78, 5) is 32.9. The van der Waals surface area contributed by atoms with Gasteiger partial charge in [0.25, 0.3) is 0 Å². The fourth-order valence-electron chi connectivity index (χ4n) is 1.72. The van der Waals surface area contributed by atoms with E-state index in [0.29, 0.717) is 5.57 Å². The monoisotopic (exact) mass is 177 g/mol. The number of fused-ring (bicyclic) bond motifs is 1. The number of allylic oxidation sites excluding steroid dienone is 3. The van der Waals surface area contributed by atoms with Crippen molar-refractivity contribution in [1.29, 1.82) is 0 Å². The molecule has 0 aromatic rings. The molecule has 0 heterocycles. The fraction of sp³-hybridized carbons (Fsp3) is 0.333. The molecule has 0 bridgehead atoms. The van der Waals surface area contributed by atoms with E-state index in [-0.39, 0.29) is 30.1 Å². The molecule has 2 aliphatic carbocycles. The quantitative estimate of drug-likeness (QED) is 0.564. The van der Waals surface area contributed by atoms with Gasteiger partial charge in [-0.3, -0.25) is 9.59 Å². The van der Waals surface area contributed by atoms with Crippen LogP contribution in [0.15, 0.2) is 28.6 Å². The van der Waals surface area contributed by atoms with Crippen LogP contribution < -0.4 is 0 Å². The summed E-state index contributed by atoms with van der Waals surface area (Å²) in [5.74, 6) is -0.609. The standard InChI is InChI=1S/C9H7NO3/c11-7-3-4-8(12)9-5(7)1-2-6(9)10-13/h1-2,5H,3-4H2. The molecule has 0 spiro atoms. The lowest BCUT2D eigenvalue weighted by atomic mass is 9.84. The number of carbonyl (C=O) groups excluding carboxylic acids is 2. The third kappa shape index (κ3) is 1.06. The van der Waals surface area contributed by atoms with Crippen LogP contribution in [0.5, 0.6) is 0 Å². The molecular weight excluding hydrogens is 170 g/mol. The van der Waals surface area contributed by atoms with Gasteiger partial charge in [-0.05, 0) is 11.3 Å². The van der Waals surface area contributed by atoms with Crippen molar-refractivity contribution in [2.75, 3.05) is 0 Å². The van der Waals surface area contributed by atoms with E-state index in [1.165, 1.54) is 6.08 Å². The molecule has 1 fully saturated rings.